The Kier molecular flexibility index (Phi) is 5.69. The van der Waals surface area contributed by atoms with E-state index in [4.69, 9.17) is 0 Å². The van der Waals surface area contributed by atoms with Crippen LogP contribution in [0.15, 0.2) is 36.9 Å². The van der Waals surface area contributed by atoms with Gasteiger partial charge in [-0.25, -0.2) is 9.69 Å². The molecule has 1 fully saturated rings. The number of aryl methyl sites for hydroxylation is 1. The van der Waals surface area contributed by atoms with Crippen molar-refractivity contribution in [3.63, 3.8) is 0 Å². The van der Waals surface area contributed by atoms with Crippen molar-refractivity contribution in [1.29, 1.82) is 0 Å². The molecule has 5 amide bonds. The molecule has 1 saturated heterocycles. The molecule has 132 valence electrons. The normalized spacial score (nSPS) is 15.5. The quantitative estimate of drug-likeness (QED) is 0.462. The molecule has 1 aromatic carbocycles. The van der Waals surface area contributed by atoms with Crippen LogP contribution in [-0.4, -0.2) is 46.6 Å². The molecule has 25 heavy (non-hydrogen) atoms. The van der Waals surface area contributed by atoms with E-state index >= 15 is 0 Å². The Morgan fingerprint density at radius 2 is 1.76 bits per heavy atom. The van der Waals surface area contributed by atoms with E-state index in [0.29, 0.717) is 11.3 Å². The van der Waals surface area contributed by atoms with Crippen molar-refractivity contribution < 1.29 is 19.2 Å². The van der Waals surface area contributed by atoms with Crippen LogP contribution in [0.1, 0.15) is 30.5 Å². The molecule has 1 heterocycles. The number of benzene rings is 1. The van der Waals surface area contributed by atoms with Gasteiger partial charge in [-0.1, -0.05) is 42.8 Å². The molecule has 2 rings (SSSR count). The van der Waals surface area contributed by atoms with Crippen LogP contribution in [0.4, 0.5) is 4.79 Å². The lowest BCUT2D eigenvalue weighted by atomic mass is 10.0. The van der Waals surface area contributed by atoms with Gasteiger partial charge < -0.3 is 5.32 Å². The van der Waals surface area contributed by atoms with Gasteiger partial charge in [-0.15, -0.1) is 6.58 Å². The molecular formula is C18H21N3O4. The van der Waals surface area contributed by atoms with Crippen molar-refractivity contribution in [2.75, 3.05) is 13.1 Å². The number of rotatable bonds is 7. The van der Waals surface area contributed by atoms with Crippen molar-refractivity contribution in [2.24, 2.45) is 0 Å². The first-order valence-electron chi connectivity index (χ1n) is 8.03. The minimum absolute atomic E-state index is 0.0670. The molecule has 0 radical (unpaired) electrons. The van der Waals surface area contributed by atoms with E-state index in [1.165, 1.54) is 6.08 Å². The van der Waals surface area contributed by atoms with Crippen molar-refractivity contribution in [3.05, 3.63) is 48.0 Å². The monoisotopic (exact) mass is 343 g/mol. The minimum atomic E-state index is -0.995. The first-order chi connectivity index (χ1) is 11.9. The van der Waals surface area contributed by atoms with E-state index < -0.39 is 30.3 Å². The van der Waals surface area contributed by atoms with Crippen molar-refractivity contribution in [2.45, 2.75) is 26.3 Å². The molecule has 0 unspecified atom stereocenters. The maximum atomic E-state index is 12.3. The molecule has 1 aliphatic heterocycles. The van der Waals surface area contributed by atoms with Crippen LogP contribution in [0, 0.1) is 6.92 Å². The Morgan fingerprint density at radius 1 is 1.16 bits per heavy atom. The van der Waals surface area contributed by atoms with Crippen LogP contribution in [0.5, 0.6) is 0 Å². The molecule has 0 saturated carbocycles. The van der Waals surface area contributed by atoms with Crippen molar-refractivity contribution >= 4 is 23.8 Å². The van der Waals surface area contributed by atoms with Crippen LogP contribution in [0.3, 0.4) is 0 Å². The van der Waals surface area contributed by atoms with Gasteiger partial charge in [0.15, 0.2) is 0 Å². The van der Waals surface area contributed by atoms with Crippen molar-refractivity contribution in [3.8, 4) is 0 Å². The Morgan fingerprint density at radius 3 is 2.32 bits per heavy atom. The fourth-order valence-electron chi connectivity index (χ4n) is 2.58. The lowest BCUT2D eigenvalue weighted by Gasteiger charge is -2.20. The van der Waals surface area contributed by atoms with Crippen LogP contribution in [0.25, 0.3) is 0 Å². The lowest BCUT2D eigenvalue weighted by molar-refractivity contribution is -0.143. The Hall–Kier alpha value is -2.96. The summed E-state index contributed by atoms with van der Waals surface area (Å²) in [5.74, 6) is -2.43. The first kappa shape index (κ1) is 18.4. The summed E-state index contributed by atoms with van der Waals surface area (Å²) in [5, 5.41) is 2.80. The Bertz CT molecular complexity index is 712. The molecule has 1 atom stereocenters. The zero-order chi connectivity index (χ0) is 18.6. The SMILES string of the molecule is C=CCN1C(=O)C(=O)N(CC(=O)N[C@H](CC)c2ccc(C)cc2)C1=O. The average Bonchev–Trinajstić information content (AvgIpc) is 2.79. The number of nitrogens with one attached hydrogen (secondary N) is 1. The van der Waals surface area contributed by atoms with Gasteiger partial charge in [0.05, 0.1) is 6.04 Å². The molecule has 1 aromatic rings. The summed E-state index contributed by atoms with van der Waals surface area (Å²) in [7, 11) is 0. The van der Waals surface area contributed by atoms with E-state index in [1.807, 2.05) is 38.1 Å². The first-order valence-corrected chi connectivity index (χ1v) is 8.03. The molecule has 0 bridgehead atoms. The van der Waals surface area contributed by atoms with Gasteiger partial charge in [-0.05, 0) is 18.9 Å². The average molecular weight is 343 g/mol. The van der Waals surface area contributed by atoms with Gasteiger partial charge in [0.2, 0.25) is 5.91 Å². The van der Waals surface area contributed by atoms with Crippen LogP contribution < -0.4 is 5.32 Å². The van der Waals surface area contributed by atoms with E-state index in [0.717, 1.165) is 16.0 Å². The third kappa shape index (κ3) is 3.93. The van der Waals surface area contributed by atoms with E-state index in [9.17, 15) is 19.2 Å². The number of hydrogen-bond donors (Lipinski definition) is 1. The highest BCUT2D eigenvalue weighted by molar-refractivity contribution is 6.45. The molecule has 7 nitrogen and oxygen atoms in total. The number of imide groups is 2. The molecule has 7 heteroatoms. The van der Waals surface area contributed by atoms with Crippen molar-refractivity contribution in [1.82, 2.24) is 15.1 Å². The molecule has 0 spiro atoms. The number of carbonyl (C=O) groups is 4. The van der Waals surface area contributed by atoms with Crippen LogP contribution in [-0.2, 0) is 14.4 Å². The Balaban J connectivity index is 2.04. The predicted molar refractivity (Wildman–Crippen MR) is 91.4 cm³/mol. The molecule has 0 aromatic heterocycles. The summed E-state index contributed by atoms with van der Waals surface area (Å²) in [5.41, 5.74) is 2.05. The topological polar surface area (TPSA) is 86.8 Å². The molecule has 1 aliphatic rings. The van der Waals surface area contributed by atoms with E-state index in [1.54, 1.807) is 0 Å². The van der Waals surface area contributed by atoms with Gasteiger partial charge in [0.1, 0.15) is 6.54 Å². The van der Waals surface area contributed by atoms with E-state index in [-0.39, 0.29) is 12.6 Å². The third-order valence-electron chi connectivity index (χ3n) is 3.97. The standard InChI is InChI=1S/C18H21N3O4/c1-4-10-20-16(23)17(24)21(18(20)25)11-15(22)19-14(5-2)13-8-6-12(3)7-9-13/h4,6-9,14H,1,5,10-11H2,2-3H3,(H,19,22)/t14-/m1/s1. The van der Waals surface area contributed by atoms with Gasteiger partial charge in [-0.2, -0.15) is 0 Å². The zero-order valence-corrected chi connectivity index (χ0v) is 14.3. The highest BCUT2D eigenvalue weighted by Gasteiger charge is 2.44. The maximum absolute atomic E-state index is 12.3. The second-order valence-electron chi connectivity index (χ2n) is 5.82. The number of urea groups is 1. The van der Waals surface area contributed by atoms with Gasteiger partial charge in [-0.3, -0.25) is 19.3 Å². The highest BCUT2D eigenvalue weighted by atomic mass is 16.2. The predicted octanol–water partition coefficient (Wildman–Crippen LogP) is 1.54. The molecule has 1 N–H and O–H groups in total. The summed E-state index contributed by atoms with van der Waals surface area (Å²) in [6, 6.07) is 6.71. The summed E-state index contributed by atoms with van der Waals surface area (Å²) in [4.78, 5) is 49.4. The summed E-state index contributed by atoms with van der Waals surface area (Å²) < 4.78 is 0. The summed E-state index contributed by atoms with van der Waals surface area (Å²) >= 11 is 0. The van der Waals surface area contributed by atoms with E-state index in [2.05, 4.69) is 11.9 Å². The fraction of sp³-hybridized carbons (Fsp3) is 0.333. The third-order valence-corrected chi connectivity index (χ3v) is 3.97. The Labute approximate surface area is 146 Å². The second-order valence-corrected chi connectivity index (χ2v) is 5.82. The summed E-state index contributed by atoms with van der Waals surface area (Å²) in [6.07, 6.45) is 2.00. The second kappa shape index (κ2) is 7.74. The smallest absolute Gasteiger partial charge is 0.335 e. The lowest BCUT2D eigenvalue weighted by Crippen LogP contribution is -2.42. The van der Waals surface area contributed by atoms with Gasteiger partial charge in [0, 0.05) is 6.54 Å². The maximum Gasteiger partial charge on any atom is 0.335 e. The number of amides is 5. The minimum Gasteiger partial charge on any atom is -0.348 e. The number of nitrogens with zero attached hydrogens (tertiary/aromatic N) is 2. The number of carbonyl (C=O) groups excluding carboxylic acids is 4. The van der Waals surface area contributed by atoms with Gasteiger partial charge >= 0.3 is 17.8 Å². The largest absolute Gasteiger partial charge is 0.348 e. The summed E-state index contributed by atoms with van der Waals surface area (Å²) in [6.45, 7) is 6.78. The molecule has 0 aliphatic carbocycles. The van der Waals surface area contributed by atoms with Crippen LogP contribution >= 0.6 is 0 Å². The highest BCUT2D eigenvalue weighted by Crippen LogP contribution is 2.18. The molecular weight excluding hydrogens is 322 g/mol. The van der Waals surface area contributed by atoms with Gasteiger partial charge in [0.25, 0.3) is 0 Å². The van der Waals surface area contributed by atoms with Crippen LogP contribution in [0.2, 0.25) is 0 Å². The fourth-order valence-corrected chi connectivity index (χ4v) is 2.58. The number of hydrogen-bond acceptors (Lipinski definition) is 4. The zero-order valence-electron chi connectivity index (χ0n) is 14.3.